The molecule has 31 heavy (non-hydrogen) atoms. The SMILES string of the molecule is C[C@H](Oc1ccc(C#N)cc1)C(=O)O[C@H](C)C(=O)Nc1ccc(N2CCOCC2)cc1. The Labute approximate surface area is 181 Å². The average Bonchev–Trinajstić information content (AvgIpc) is 2.80. The van der Waals surface area contributed by atoms with Crippen molar-refractivity contribution < 1.29 is 23.8 Å². The van der Waals surface area contributed by atoms with E-state index >= 15 is 0 Å². The van der Waals surface area contributed by atoms with E-state index in [1.165, 1.54) is 13.8 Å². The molecule has 8 heteroatoms. The summed E-state index contributed by atoms with van der Waals surface area (Å²) in [5, 5.41) is 11.6. The summed E-state index contributed by atoms with van der Waals surface area (Å²) in [4.78, 5) is 26.9. The highest BCUT2D eigenvalue weighted by Gasteiger charge is 2.23. The van der Waals surface area contributed by atoms with E-state index in [0.717, 1.165) is 18.8 Å². The number of ether oxygens (including phenoxy) is 3. The minimum atomic E-state index is -0.988. The van der Waals surface area contributed by atoms with Crippen LogP contribution in [0.2, 0.25) is 0 Å². The van der Waals surface area contributed by atoms with Crippen LogP contribution in [0, 0.1) is 11.3 Å². The Morgan fingerprint density at radius 1 is 1.03 bits per heavy atom. The number of morpholine rings is 1. The maximum absolute atomic E-state index is 12.4. The number of hydrogen-bond donors (Lipinski definition) is 1. The van der Waals surface area contributed by atoms with Gasteiger partial charge < -0.3 is 24.4 Å². The van der Waals surface area contributed by atoms with Gasteiger partial charge in [0.15, 0.2) is 12.2 Å². The van der Waals surface area contributed by atoms with E-state index in [1.807, 2.05) is 30.3 Å². The number of esters is 1. The van der Waals surface area contributed by atoms with Crippen LogP contribution in [0.15, 0.2) is 48.5 Å². The van der Waals surface area contributed by atoms with Crippen LogP contribution in [0.4, 0.5) is 11.4 Å². The van der Waals surface area contributed by atoms with Crippen molar-refractivity contribution in [3.05, 3.63) is 54.1 Å². The van der Waals surface area contributed by atoms with Crippen LogP contribution in [-0.4, -0.2) is 50.4 Å². The molecule has 0 aliphatic carbocycles. The zero-order valence-electron chi connectivity index (χ0n) is 17.5. The van der Waals surface area contributed by atoms with E-state index < -0.39 is 24.1 Å². The van der Waals surface area contributed by atoms with E-state index in [4.69, 9.17) is 19.5 Å². The number of benzene rings is 2. The van der Waals surface area contributed by atoms with Crippen molar-refractivity contribution in [1.82, 2.24) is 0 Å². The van der Waals surface area contributed by atoms with Crippen molar-refractivity contribution in [1.29, 1.82) is 5.26 Å². The van der Waals surface area contributed by atoms with E-state index in [1.54, 1.807) is 24.3 Å². The number of carbonyl (C=O) groups is 2. The standard InChI is InChI=1S/C23H25N3O5/c1-16(31-23(28)17(2)30-21-9-3-18(15-24)4-10-21)22(27)25-19-5-7-20(8-6-19)26-11-13-29-14-12-26/h3-10,16-17H,11-14H2,1-2H3,(H,25,27)/t16-,17+/m1/s1. The third-order valence-corrected chi connectivity index (χ3v) is 4.80. The van der Waals surface area contributed by atoms with Gasteiger partial charge in [0, 0.05) is 24.5 Å². The van der Waals surface area contributed by atoms with E-state index in [9.17, 15) is 9.59 Å². The summed E-state index contributed by atoms with van der Waals surface area (Å²) in [6.45, 7) is 6.12. The van der Waals surface area contributed by atoms with E-state index in [0.29, 0.717) is 30.2 Å². The van der Waals surface area contributed by atoms with Gasteiger partial charge >= 0.3 is 5.97 Å². The lowest BCUT2D eigenvalue weighted by molar-refractivity contribution is -0.159. The predicted octanol–water partition coefficient (Wildman–Crippen LogP) is 2.73. The summed E-state index contributed by atoms with van der Waals surface area (Å²) in [6.07, 6.45) is -1.89. The van der Waals surface area contributed by atoms with Gasteiger partial charge in [-0.25, -0.2) is 4.79 Å². The largest absolute Gasteiger partial charge is 0.479 e. The summed E-state index contributed by atoms with van der Waals surface area (Å²) in [6, 6.07) is 15.9. The third-order valence-electron chi connectivity index (χ3n) is 4.80. The molecule has 0 saturated carbocycles. The lowest BCUT2D eigenvalue weighted by Gasteiger charge is -2.29. The number of carbonyl (C=O) groups excluding carboxylic acids is 2. The average molecular weight is 423 g/mol. The second kappa shape index (κ2) is 10.5. The highest BCUT2D eigenvalue weighted by atomic mass is 16.6. The molecule has 1 aliphatic heterocycles. The monoisotopic (exact) mass is 423 g/mol. The van der Waals surface area contributed by atoms with Crippen molar-refractivity contribution in [2.24, 2.45) is 0 Å². The highest BCUT2D eigenvalue weighted by molar-refractivity contribution is 5.95. The van der Waals surface area contributed by atoms with Crippen molar-refractivity contribution in [2.75, 3.05) is 36.5 Å². The maximum Gasteiger partial charge on any atom is 0.347 e. The zero-order chi connectivity index (χ0) is 22.2. The quantitative estimate of drug-likeness (QED) is 0.684. The third kappa shape index (κ3) is 6.20. The number of hydrogen-bond acceptors (Lipinski definition) is 7. The predicted molar refractivity (Wildman–Crippen MR) is 115 cm³/mol. The fraction of sp³-hybridized carbons (Fsp3) is 0.348. The first-order valence-electron chi connectivity index (χ1n) is 10.1. The molecule has 1 fully saturated rings. The molecular weight excluding hydrogens is 398 g/mol. The van der Waals surface area contributed by atoms with Gasteiger partial charge in [-0.2, -0.15) is 5.26 Å². The van der Waals surface area contributed by atoms with Gasteiger partial charge in [0.2, 0.25) is 0 Å². The van der Waals surface area contributed by atoms with Gasteiger partial charge in [0.1, 0.15) is 5.75 Å². The van der Waals surface area contributed by atoms with E-state index in [-0.39, 0.29) is 0 Å². The van der Waals surface area contributed by atoms with Crippen LogP contribution < -0.4 is 15.0 Å². The van der Waals surface area contributed by atoms with Crippen LogP contribution in [0.25, 0.3) is 0 Å². The fourth-order valence-corrected chi connectivity index (χ4v) is 3.00. The van der Waals surface area contributed by atoms with E-state index in [2.05, 4.69) is 10.2 Å². The number of rotatable bonds is 7. The van der Waals surface area contributed by atoms with Gasteiger partial charge in [0.25, 0.3) is 5.91 Å². The molecule has 1 amide bonds. The minimum absolute atomic E-state index is 0.431. The Morgan fingerprint density at radius 2 is 1.68 bits per heavy atom. The summed E-state index contributed by atoms with van der Waals surface area (Å²) in [7, 11) is 0. The molecule has 2 aromatic carbocycles. The Balaban J connectivity index is 1.48. The first-order chi connectivity index (χ1) is 15.0. The van der Waals surface area contributed by atoms with Crippen LogP contribution in [0.1, 0.15) is 19.4 Å². The normalized spacial score (nSPS) is 15.3. The zero-order valence-corrected chi connectivity index (χ0v) is 17.5. The topological polar surface area (TPSA) is 101 Å². The molecule has 0 bridgehead atoms. The van der Waals surface area contributed by atoms with Crippen molar-refractivity contribution >= 4 is 23.3 Å². The smallest absolute Gasteiger partial charge is 0.347 e. The molecular formula is C23H25N3O5. The molecule has 2 aromatic rings. The molecule has 0 aromatic heterocycles. The Bertz CT molecular complexity index is 931. The van der Waals surface area contributed by atoms with Crippen LogP contribution in [-0.2, 0) is 19.1 Å². The van der Waals surface area contributed by atoms with Gasteiger partial charge in [-0.1, -0.05) is 0 Å². The number of nitrogens with zero attached hydrogens (tertiary/aromatic N) is 2. The number of nitrogens with one attached hydrogen (secondary N) is 1. The fourth-order valence-electron chi connectivity index (χ4n) is 3.00. The molecule has 1 heterocycles. The van der Waals surface area contributed by atoms with Gasteiger partial charge in [-0.15, -0.1) is 0 Å². The first-order valence-corrected chi connectivity index (χ1v) is 10.1. The molecule has 1 N–H and O–H groups in total. The van der Waals surface area contributed by atoms with Gasteiger partial charge in [-0.05, 0) is 62.4 Å². The molecule has 0 spiro atoms. The summed E-state index contributed by atoms with van der Waals surface area (Å²) >= 11 is 0. The first kappa shape index (κ1) is 22.1. The molecule has 1 saturated heterocycles. The molecule has 162 valence electrons. The Morgan fingerprint density at radius 3 is 2.29 bits per heavy atom. The molecule has 0 radical (unpaired) electrons. The van der Waals surface area contributed by atoms with Crippen molar-refractivity contribution in [3.63, 3.8) is 0 Å². The van der Waals surface area contributed by atoms with Crippen molar-refractivity contribution in [2.45, 2.75) is 26.1 Å². The number of anilines is 2. The van der Waals surface area contributed by atoms with Crippen LogP contribution in [0.3, 0.4) is 0 Å². The number of amides is 1. The van der Waals surface area contributed by atoms with Crippen LogP contribution in [0.5, 0.6) is 5.75 Å². The summed E-state index contributed by atoms with van der Waals surface area (Å²) in [5.74, 6) is -0.659. The molecule has 2 atom stereocenters. The Hall–Kier alpha value is -3.57. The second-order valence-electron chi connectivity index (χ2n) is 7.11. The molecule has 3 rings (SSSR count). The molecule has 8 nitrogen and oxygen atoms in total. The lowest BCUT2D eigenvalue weighted by atomic mass is 10.2. The number of nitriles is 1. The molecule has 0 unspecified atom stereocenters. The maximum atomic E-state index is 12.4. The lowest BCUT2D eigenvalue weighted by Crippen LogP contribution is -2.36. The highest BCUT2D eigenvalue weighted by Crippen LogP contribution is 2.19. The van der Waals surface area contributed by atoms with Crippen LogP contribution >= 0.6 is 0 Å². The summed E-state index contributed by atoms with van der Waals surface area (Å²) < 4.78 is 16.1. The van der Waals surface area contributed by atoms with Crippen molar-refractivity contribution in [3.8, 4) is 11.8 Å². The second-order valence-corrected chi connectivity index (χ2v) is 7.11. The minimum Gasteiger partial charge on any atom is -0.479 e. The van der Waals surface area contributed by atoms with Gasteiger partial charge in [0.05, 0.1) is 24.8 Å². The molecule has 1 aliphatic rings. The Kier molecular flexibility index (Phi) is 7.46. The van der Waals surface area contributed by atoms with Gasteiger partial charge in [-0.3, -0.25) is 4.79 Å². The summed E-state index contributed by atoms with van der Waals surface area (Å²) in [5.41, 5.74) is 2.17.